The van der Waals surface area contributed by atoms with E-state index in [1.807, 2.05) is 0 Å². The van der Waals surface area contributed by atoms with Crippen molar-refractivity contribution in [3.8, 4) is 5.75 Å². The molecule has 2 aromatic rings. The van der Waals surface area contributed by atoms with Crippen LogP contribution >= 0.6 is 0 Å². The third-order valence-corrected chi connectivity index (χ3v) is 10.4. The number of rotatable bonds is 11. The topological polar surface area (TPSA) is 160 Å². The normalized spacial score (nSPS) is 21.0. The first-order chi connectivity index (χ1) is 18.1. The Morgan fingerprint density at radius 2 is 1.89 bits per heavy atom. The van der Waals surface area contributed by atoms with Crippen LogP contribution in [0, 0.1) is 0 Å². The van der Waals surface area contributed by atoms with Gasteiger partial charge in [-0.2, -0.15) is 4.31 Å². The summed E-state index contributed by atoms with van der Waals surface area (Å²) in [4.78, 5) is 0.264. The molecule has 2 saturated heterocycles. The number of nitrogens with two attached hydrogens (primary N) is 1. The fourth-order valence-electron chi connectivity index (χ4n) is 4.89. The summed E-state index contributed by atoms with van der Waals surface area (Å²) >= 11 is 0. The quantitative estimate of drug-likeness (QED) is 0.301. The van der Waals surface area contributed by atoms with Gasteiger partial charge in [0.25, 0.3) is 0 Å². The number of para-hydroxylation sites is 1. The Labute approximate surface area is 224 Å². The molecule has 2 aliphatic heterocycles. The van der Waals surface area contributed by atoms with E-state index in [4.69, 9.17) is 15.2 Å². The molecule has 0 bridgehead atoms. The van der Waals surface area contributed by atoms with Crippen molar-refractivity contribution >= 4 is 20.0 Å². The number of sulfonamides is 2. The summed E-state index contributed by atoms with van der Waals surface area (Å²) in [6, 6.07) is 13.0. The maximum absolute atomic E-state index is 13.1. The Morgan fingerprint density at radius 3 is 2.61 bits per heavy atom. The van der Waals surface area contributed by atoms with E-state index in [2.05, 4.69) is 10.0 Å². The second kappa shape index (κ2) is 12.0. The predicted octanol–water partition coefficient (Wildman–Crippen LogP) is 0.395. The van der Waals surface area contributed by atoms with Crippen molar-refractivity contribution < 1.29 is 31.4 Å². The van der Waals surface area contributed by atoms with Crippen LogP contribution in [0.4, 0.5) is 0 Å². The molecule has 2 aromatic carbocycles. The standard InChI is InChI=1S/C25H36N4O7S2/c1-27-37(31,32)24-8-3-2-7-23(24)35-18-21(30)16-28-20-14-25(36-17-20)9-11-29(12-10-25)38(33,34)22-6-4-5-19(13-22)15-26/h2-8,13,20-21,27-28,30H,9-12,14-18,26H2,1H3/t20?,21-/m0/s1. The molecule has 0 aliphatic carbocycles. The SMILES string of the molecule is CNS(=O)(=O)c1ccccc1OC[C@@H](O)CNC1COC2(CCN(S(=O)(=O)c3cccc(CN)c3)CC2)C1. The van der Waals surface area contributed by atoms with E-state index in [0.29, 0.717) is 39.0 Å². The summed E-state index contributed by atoms with van der Waals surface area (Å²) < 4.78 is 66.1. The number of piperidine rings is 1. The number of nitrogens with zero attached hydrogens (tertiary/aromatic N) is 1. The number of nitrogens with one attached hydrogen (secondary N) is 2. The fraction of sp³-hybridized carbons (Fsp3) is 0.520. The van der Waals surface area contributed by atoms with Crippen molar-refractivity contribution in [3.05, 3.63) is 54.1 Å². The molecule has 2 aliphatic rings. The largest absolute Gasteiger partial charge is 0.489 e. The van der Waals surface area contributed by atoms with E-state index >= 15 is 0 Å². The molecule has 4 rings (SSSR count). The van der Waals surface area contributed by atoms with Crippen LogP contribution in [0.15, 0.2) is 58.3 Å². The highest BCUT2D eigenvalue weighted by Gasteiger charge is 2.44. The van der Waals surface area contributed by atoms with Gasteiger partial charge in [-0.15, -0.1) is 0 Å². The molecular weight excluding hydrogens is 532 g/mol. The Balaban J connectivity index is 1.25. The summed E-state index contributed by atoms with van der Waals surface area (Å²) in [7, 11) is -5.96. The zero-order valence-electron chi connectivity index (χ0n) is 21.4. The molecule has 1 spiro atoms. The highest BCUT2D eigenvalue weighted by atomic mass is 32.2. The zero-order chi connectivity index (χ0) is 27.4. The van der Waals surface area contributed by atoms with Crippen molar-refractivity contribution in [1.29, 1.82) is 0 Å². The van der Waals surface area contributed by atoms with Gasteiger partial charge < -0.3 is 25.6 Å². The van der Waals surface area contributed by atoms with Gasteiger partial charge >= 0.3 is 0 Å². The van der Waals surface area contributed by atoms with Gasteiger partial charge in [-0.05, 0) is 56.1 Å². The number of hydrogen-bond acceptors (Lipinski definition) is 9. The van der Waals surface area contributed by atoms with E-state index < -0.39 is 31.8 Å². The Kier molecular flexibility index (Phi) is 9.10. The molecule has 2 heterocycles. The molecule has 2 fully saturated rings. The zero-order valence-corrected chi connectivity index (χ0v) is 23.0. The second-order valence-electron chi connectivity index (χ2n) is 9.68. The van der Waals surface area contributed by atoms with E-state index in [1.165, 1.54) is 17.4 Å². The summed E-state index contributed by atoms with van der Waals surface area (Å²) in [5.41, 5.74) is 6.04. The Morgan fingerprint density at radius 1 is 1.16 bits per heavy atom. The summed E-state index contributed by atoms with van der Waals surface area (Å²) in [6.07, 6.45) is 1.01. The third kappa shape index (κ3) is 6.54. The van der Waals surface area contributed by atoms with Crippen molar-refractivity contribution in [1.82, 2.24) is 14.3 Å². The van der Waals surface area contributed by atoms with E-state index in [9.17, 15) is 21.9 Å². The number of aliphatic hydroxyl groups excluding tert-OH is 1. The molecular formula is C25H36N4O7S2. The van der Waals surface area contributed by atoms with E-state index in [0.717, 1.165) is 5.56 Å². The smallest absolute Gasteiger partial charge is 0.243 e. The first-order valence-electron chi connectivity index (χ1n) is 12.6. The third-order valence-electron chi connectivity index (χ3n) is 7.10. The molecule has 13 heteroatoms. The van der Waals surface area contributed by atoms with Gasteiger partial charge in [0.15, 0.2) is 0 Å². The van der Waals surface area contributed by atoms with Gasteiger partial charge in [0, 0.05) is 32.2 Å². The number of hydrogen-bond donors (Lipinski definition) is 4. The van der Waals surface area contributed by atoms with E-state index in [-0.39, 0.29) is 41.3 Å². The van der Waals surface area contributed by atoms with Crippen LogP contribution in [0.1, 0.15) is 24.8 Å². The molecule has 38 heavy (non-hydrogen) atoms. The summed E-state index contributed by atoms with van der Waals surface area (Å²) in [5.74, 6) is 0.167. The highest BCUT2D eigenvalue weighted by Crippen LogP contribution is 2.37. The van der Waals surface area contributed by atoms with Gasteiger partial charge in [0.2, 0.25) is 20.0 Å². The predicted molar refractivity (Wildman–Crippen MR) is 142 cm³/mol. The van der Waals surface area contributed by atoms with Crippen LogP contribution in [0.5, 0.6) is 5.75 Å². The first-order valence-corrected chi connectivity index (χ1v) is 15.5. The lowest BCUT2D eigenvalue weighted by atomic mass is 9.88. The highest BCUT2D eigenvalue weighted by molar-refractivity contribution is 7.89. The van der Waals surface area contributed by atoms with Crippen molar-refractivity contribution in [2.45, 2.75) is 53.3 Å². The second-order valence-corrected chi connectivity index (χ2v) is 13.5. The number of benzene rings is 2. The average Bonchev–Trinajstić information content (AvgIpc) is 3.33. The van der Waals surface area contributed by atoms with Crippen molar-refractivity contribution in [3.63, 3.8) is 0 Å². The van der Waals surface area contributed by atoms with Gasteiger partial charge in [0.1, 0.15) is 23.4 Å². The van der Waals surface area contributed by atoms with Gasteiger partial charge in [-0.1, -0.05) is 24.3 Å². The van der Waals surface area contributed by atoms with Crippen LogP contribution in [0.3, 0.4) is 0 Å². The molecule has 210 valence electrons. The minimum atomic E-state index is -3.69. The van der Waals surface area contributed by atoms with Gasteiger partial charge in [0.05, 0.1) is 17.1 Å². The molecule has 1 unspecified atom stereocenters. The van der Waals surface area contributed by atoms with Crippen molar-refractivity contribution in [2.24, 2.45) is 5.73 Å². The summed E-state index contributed by atoms with van der Waals surface area (Å²) in [6.45, 7) is 1.63. The van der Waals surface area contributed by atoms with Crippen LogP contribution in [-0.2, 0) is 31.3 Å². The molecule has 0 saturated carbocycles. The lowest BCUT2D eigenvalue weighted by Gasteiger charge is -2.38. The molecule has 11 nitrogen and oxygen atoms in total. The van der Waals surface area contributed by atoms with E-state index in [1.54, 1.807) is 42.5 Å². The monoisotopic (exact) mass is 568 g/mol. The Bertz CT molecular complexity index is 1310. The van der Waals surface area contributed by atoms with Crippen LogP contribution in [-0.4, -0.2) is 83.9 Å². The fourth-order valence-corrected chi connectivity index (χ4v) is 7.27. The molecule has 0 amide bonds. The van der Waals surface area contributed by atoms with Gasteiger partial charge in [-0.25, -0.2) is 21.6 Å². The summed E-state index contributed by atoms with van der Waals surface area (Å²) in [5, 5.41) is 13.7. The van der Waals surface area contributed by atoms with Crippen LogP contribution in [0.2, 0.25) is 0 Å². The number of ether oxygens (including phenoxy) is 2. The minimum absolute atomic E-state index is 0.00555. The molecule has 0 aromatic heterocycles. The molecule has 0 radical (unpaired) electrons. The lowest BCUT2D eigenvalue weighted by molar-refractivity contribution is -0.0312. The average molecular weight is 569 g/mol. The van der Waals surface area contributed by atoms with Crippen LogP contribution < -0.4 is 20.5 Å². The number of aliphatic hydroxyl groups is 1. The lowest BCUT2D eigenvalue weighted by Crippen LogP contribution is -2.47. The maximum Gasteiger partial charge on any atom is 0.243 e. The molecule has 5 N–H and O–H groups in total. The van der Waals surface area contributed by atoms with Gasteiger partial charge in [-0.3, -0.25) is 0 Å². The Hall–Kier alpha value is -2.10. The molecule has 2 atom stereocenters. The van der Waals surface area contributed by atoms with Crippen LogP contribution in [0.25, 0.3) is 0 Å². The first kappa shape index (κ1) is 28.9. The maximum atomic E-state index is 13.1. The minimum Gasteiger partial charge on any atom is -0.489 e. The van der Waals surface area contributed by atoms with Crippen molar-refractivity contribution in [2.75, 3.05) is 39.9 Å².